The first-order valence-corrected chi connectivity index (χ1v) is 7.41. The average Bonchev–Trinajstić information content (AvgIpc) is 2.98. The lowest BCUT2D eigenvalue weighted by atomic mass is 10.1. The van der Waals surface area contributed by atoms with E-state index in [4.69, 9.17) is 0 Å². The van der Waals surface area contributed by atoms with E-state index < -0.39 is 0 Å². The number of rotatable bonds is 5. The number of aromatic nitrogens is 1. The van der Waals surface area contributed by atoms with E-state index >= 15 is 0 Å². The van der Waals surface area contributed by atoms with Crippen LogP contribution in [0.3, 0.4) is 0 Å². The van der Waals surface area contributed by atoms with Gasteiger partial charge in [-0.1, -0.05) is 0 Å². The Bertz CT molecular complexity index is 614. The zero-order valence-electron chi connectivity index (χ0n) is 11.8. The van der Waals surface area contributed by atoms with E-state index in [0.29, 0.717) is 11.3 Å². The molecule has 0 saturated heterocycles. The van der Waals surface area contributed by atoms with Crippen LogP contribution in [-0.4, -0.2) is 22.3 Å². The van der Waals surface area contributed by atoms with E-state index in [1.807, 2.05) is 12.3 Å². The fourth-order valence-electron chi connectivity index (χ4n) is 2.09. The van der Waals surface area contributed by atoms with Gasteiger partial charge in [0.15, 0.2) is 5.78 Å². The van der Waals surface area contributed by atoms with Gasteiger partial charge >= 0.3 is 0 Å². The van der Waals surface area contributed by atoms with Crippen LogP contribution in [0, 0.1) is 0 Å². The van der Waals surface area contributed by atoms with Crippen LogP contribution in [-0.2, 0) is 13.5 Å². The molecule has 2 heterocycles. The van der Waals surface area contributed by atoms with Crippen LogP contribution in [0.15, 0.2) is 29.1 Å². The number of hydrogen-bond acceptors (Lipinski definition) is 3. The number of carbonyl (C=O) groups excluding carboxylic acids is 2. The maximum absolute atomic E-state index is 12.2. The van der Waals surface area contributed by atoms with Gasteiger partial charge in [-0.2, -0.15) is 11.3 Å². The summed E-state index contributed by atoms with van der Waals surface area (Å²) in [6.07, 6.45) is 2.49. The lowest BCUT2D eigenvalue weighted by Crippen LogP contribution is -2.34. The molecule has 1 atom stereocenters. The number of carbonyl (C=O) groups is 2. The van der Waals surface area contributed by atoms with E-state index in [9.17, 15) is 9.59 Å². The Morgan fingerprint density at radius 1 is 1.45 bits per heavy atom. The van der Waals surface area contributed by atoms with Gasteiger partial charge in [0, 0.05) is 24.8 Å². The monoisotopic (exact) mass is 290 g/mol. The minimum atomic E-state index is -0.150. The van der Waals surface area contributed by atoms with Gasteiger partial charge < -0.3 is 9.88 Å². The second kappa shape index (κ2) is 6.05. The lowest BCUT2D eigenvalue weighted by Gasteiger charge is -2.13. The largest absolute Gasteiger partial charge is 0.348 e. The van der Waals surface area contributed by atoms with Gasteiger partial charge in [0.1, 0.15) is 5.69 Å². The van der Waals surface area contributed by atoms with Gasteiger partial charge in [-0.15, -0.1) is 0 Å². The molecule has 20 heavy (non-hydrogen) atoms. The number of thiophene rings is 1. The van der Waals surface area contributed by atoms with Crippen molar-refractivity contribution < 1.29 is 9.59 Å². The first-order valence-electron chi connectivity index (χ1n) is 6.46. The Kier molecular flexibility index (Phi) is 4.39. The normalized spacial score (nSPS) is 12.2. The van der Waals surface area contributed by atoms with Gasteiger partial charge in [-0.05, 0) is 48.7 Å². The summed E-state index contributed by atoms with van der Waals surface area (Å²) in [5.41, 5.74) is 2.29. The highest BCUT2D eigenvalue weighted by Gasteiger charge is 2.15. The van der Waals surface area contributed by atoms with Crippen molar-refractivity contribution in [2.24, 2.45) is 7.05 Å². The molecule has 2 rings (SSSR count). The Hall–Kier alpha value is -1.88. The predicted molar refractivity (Wildman–Crippen MR) is 80.4 cm³/mol. The number of aryl methyl sites for hydroxylation is 1. The lowest BCUT2D eigenvalue weighted by molar-refractivity contribution is 0.0931. The maximum Gasteiger partial charge on any atom is 0.268 e. The average molecular weight is 290 g/mol. The molecule has 5 heteroatoms. The molecule has 4 nitrogen and oxygen atoms in total. The number of ketones is 1. The second-order valence-corrected chi connectivity index (χ2v) is 5.77. The number of amides is 1. The summed E-state index contributed by atoms with van der Waals surface area (Å²) < 4.78 is 1.68. The molecule has 1 N–H and O–H groups in total. The zero-order valence-corrected chi connectivity index (χ0v) is 12.7. The number of hydrogen-bond donors (Lipinski definition) is 1. The standard InChI is InChI=1S/C15H18N2O2S/c1-10(6-12-4-5-20-9-12)16-15(19)14-7-13(11(2)18)8-17(14)3/h4-5,7-10H,6H2,1-3H3,(H,16,19). The van der Waals surface area contributed by atoms with Gasteiger partial charge in [0.25, 0.3) is 5.91 Å². The third kappa shape index (κ3) is 3.36. The van der Waals surface area contributed by atoms with Crippen LogP contribution in [0.5, 0.6) is 0 Å². The Morgan fingerprint density at radius 2 is 2.20 bits per heavy atom. The smallest absolute Gasteiger partial charge is 0.268 e. The topological polar surface area (TPSA) is 51.1 Å². The first-order chi connectivity index (χ1) is 9.47. The van der Waals surface area contributed by atoms with Gasteiger partial charge in [0.2, 0.25) is 0 Å². The van der Waals surface area contributed by atoms with Crippen molar-refractivity contribution >= 4 is 23.0 Å². The minimum absolute atomic E-state index is 0.0361. The van der Waals surface area contributed by atoms with E-state index in [1.54, 1.807) is 35.2 Å². The summed E-state index contributed by atoms with van der Waals surface area (Å²) in [4.78, 5) is 23.5. The highest BCUT2D eigenvalue weighted by molar-refractivity contribution is 7.07. The summed E-state index contributed by atoms with van der Waals surface area (Å²) in [5.74, 6) is -0.186. The number of nitrogens with one attached hydrogen (secondary N) is 1. The Labute approximate surface area is 122 Å². The van der Waals surface area contributed by atoms with Crippen molar-refractivity contribution in [2.45, 2.75) is 26.3 Å². The van der Waals surface area contributed by atoms with Crippen LogP contribution in [0.4, 0.5) is 0 Å². The Morgan fingerprint density at radius 3 is 2.75 bits per heavy atom. The highest BCUT2D eigenvalue weighted by atomic mass is 32.1. The summed E-state index contributed by atoms with van der Waals surface area (Å²) in [5, 5.41) is 7.07. The summed E-state index contributed by atoms with van der Waals surface area (Å²) in [7, 11) is 1.77. The highest BCUT2D eigenvalue weighted by Crippen LogP contribution is 2.11. The molecule has 0 aromatic carbocycles. The second-order valence-electron chi connectivity index (χ2n) is 4.99. The van der Waals surface area contributed by atoms with Gasteiger partial charge in [-0.25, -0.2) is 0 Å². The minimum Gasteiger partial charge on any atom is -0.348 e. The molecule has 2 aromatic rings. The van der Waals surface area contributed by atoms with Crippen molar-refractivity contribution in [1.82, 2.24) is 9.88 Å². The Balaban J connectivity index is 2.02. The molecule has 0 aliphatic carbocycles. The van der Waals surface area contributed by atoms with Crippen molar-refractivity contribution in [1.29, 1.82) is 0 Å². The number of nitrogens with zero attached hydrogens (tertiary/aromatic N) is 1. The van der Waals surface area contributed by atoms with Gasteiger partial charge in [-0.3, -0.25) is 9.59 Å². The molecule has 2 aromatic heterocycles. The predicted octanol–water partition coefficient (Wildman–Crippen LogP) is 2.65. The van der Waals surface area contributed by atoms with Crippen LogP contribution in [0.25, 0.3) is 0 Å². The SMILES string of the molecule is CC(=O)c1cc(C(=O)NC(C)Cc2ccsc2)n(C)c1. The molecule has 1 amide bonds. The van der Waals surface area contributed by atoms with Gasteiger partial charge in [0.05, 0.1) is 0 Å². The molecule has 0 fully saturated rings. The molecule has 0 bridgehead atoms. The third-order valence-corrected chi connectivity index (χ3v) is 3.88. The van der Waals surface area contributed by atoms with E-state index in [0.717, 1.165) is 6.42 Å². The number of Topliss-reactive ketones (excluding diaryl/α,β-unsaturated/α-hetero) is 1. The molecule has 0 spiro atoms. The molecule has 0 saturated carbocycles. The quantitative estimate of drug-likeness (QED) is 0.861. The molecule has 0 radical (unpaired) electrons. The van der Waals surface area contributed by atoms with Crippen molar-refractivity contribution in [3.05, 3.63) is 45.9 Å². The molecule has 0 aliphatic rings. The molecule has 1 unspecified atom stereocenters. The summed E-state index contributed by atoms with van der Waals surface area (Å²) in [6, 6.07) is 3.74. The van der Waals surface area contributed by atoms with E-state index in [-0.39, 0.29) is 17.7 Å². The molecular weight excluding hydrogens is 272 g/mol. The zero-order chi connectivity index (χ0) is 14.7. The molecular formula is C15H18N2O2S. The first kappa shape index (κ1) is 14.5. The van der Waals surface area contributed by atoms with Crippen molar-refractivity contribution in [3.8, 4) is 0 Å². The van der Waals surface area contributed by atoms with E-state index in [1.165, 1.54) is 12.5 Å². The van der Waals surface area contributed by atoms with Crippen molar-refractivity contribution in [3.63, 3.8) is 0 Å². The van der Waals surface area contributed by atoms with Crippen molar-refractivity contribution in [2.75, 3.05) is 0 Å². The summed E-state index contributed by atoms with van der Waals surface area (Å²) in [6.45, 7) is 3.47. The van der Waals surface area contributed by atoms with E-state index in [2.05, 4.69) is 16.8 Å². The van der Waals surface area contributed by atoms with Crippen LogP contribution >= 0.6 is 11.3 Å². The van der Waals surface area contributed by atoms with Crippen LogP contribution in [0.1, 0.15) is 40.3 Å². The van der Waals surface area contributed by atoms with Crippen LogP contribution < -0.4 is 5.32 Å². The molecule has 0 aliphatic heterocycles. The summed E-state index contributed by atoms with van der Waals surface area (Å²) >= 11 is 1.65. The maximum atomic E-state index is 12.2. The molecule has 106 valence electrons. The van der Waals surface area contributed by atoms with Crippen LogP contribution in [0.2, 0.25) is 0 Å². The fourth-order valence-corrected chi connectivity index (χ4v) is 2.78. The fraction of sp³-hybridized carbons (Fsp3) is 0.333. The third-order valence-electron chi connectivity index (χ3n) is 3.14.